The van der Waals surface area contributed by atoms with E-state index in [4.69, 9.17) is 4.52 Å². The van der Waals surface area contributed by atoms with Crippen molar-refractivity contribution in [2.45, 2.75) is 70.6 Å². The molecule has 1 aliphatic rings. The Morgan fingerprint density at radius 2 is 2.28 bits per heavy atom. The highest BCUT2D eigenvalue weighted by Crippen LogP contribution is 2.31. The van der Waals surface area contributed by atoms with Gasteiger partial charge >= 0.3 is 0 Å². The number of nitrogens with one attached hydrogen (secondary N) is 1. The molecule has 1 aliphatic carbocycles. The number of hydrogen-bond donors (Lipinski definition) is 2. The van der Waals surface area contributed by atoms with Crippen LogP contribution in [0.25, 0.3) is 0 Å². The van der Waals surface area contributed by atoms with Gasteiger partial charge in [0.15, 0.2) is 5.82 Å². The molecule has 2 aromatic rings. The Labute approximate surface area is 146 Å². The van der Waals surface area contributed by atoms with E-state index in [9.17, 15) is 9.90 Å². The zero-order valence-corrected chi connectivity index (χ0v) is 14.8. The standard InChI is InChI=1S/C17H25N5O3/c1-10(2)17-20-15(25-21-17)7-6-14(23)19-12-4-5-13(16(12)24)22-9-8-18-11(22)3/h8-10,12-13,16,24H,4-7H2,1-3H3,(H,19,23)/t12-,13-,16-/m1/s1. The van der Waals surface area contributed by atoms with E-state index in [1.165, 1.54) is 0 Å². The minimum absolute atomic E-state index is 0.0441. The van der Waals surface area contributed by atoms with Crippen LogP contribution < -0.4 is 5.32 Å². The molecule has 0 aliphatic heterocycles. The van der Waals surface area contributed by atoms with Gasteiger partial charge in [-0.05, 0) is 19.8 Å². The van der Waals surface area contributed by atoms with Gasteiger partial charge in [-0.25, -0.2) is 4.98 Å². The van der Waals surface area contributed by atoms with Crippen LogP contribution in [0.4, 0.5) is 0 Å². The summed E-state index contributed by atoms with van der Waals surface area (Å²) in [5.41, 5.74) is 0. The molecule has 8 heteroatoms. The first kappa shape index (κ1) is 17.6. The van der Waals surface area contributed by atoms with Gasteiger partial charge < -0.3 is 19.5 Å². The summed E-state index contributed by atoms with van der Waals surface area (Å²) in [5.74, 6) is 2.08. The second-order valence-electron chi connectivity index (χ2n) is 6.89. The predicted molar refractivity (Wildman–Crippen MR) is 89.9 cm³/mol. The van der Waals surface area contributed by atoms with Gasteiger partial charge in [0.25, 0.3) is 0 Å². The van der Waals surface area contributed by atoms with Crippen LogP contribution in [0, 0.1) is 6.92 Å². The number of nitrogens with zero attached hydrogens (tertiary/aromatic N) is 4. The van der Waals surface area contributed by atoms with Crippen LogP contribution in [0.1, 0.15) is 62.6 Å². The van der Waals surface area contributed by atoms with Crippen molar-refractivity contribution in [2.24, 2.45) is 0 Å². The smallest absolute Gasteiger partial charge is 0.227 e. The second kappa shape index (κ2) is 7.35. The fourth-order valence-electron chi connectivity index (χ4n) is 3.26. The van der Waals surface area contributed by atoms with Crippen molar-refractivity contribution >= 4 is 5.91 Å². The fraction of sp³-hybridized carbons (Fsp3) is 0.647. The number of imidazole rings is 1. The molecule has 1 saturated carbocycles. The minimum atomic E-state index is -0.618. The number of aliphatic hydroxyl groups excluding tert-OH is 1. The summed E-state index contributed by atoms with van der Waals surface area (Å²) in [7, 11) is 0. The highest BCUT2D eigenvalue weighted by molar-refractivity contribution is 5.76. The van der Waals surface area contributed by atoms with E-state index in [2.05, 4.69) is 20.4 Å². The van der Waals surface area contributed by atoms with Gasteiger partial charge in [-0.15, -0.1) is 0 Å². The van der Waals surface area contributed by atoms with Crippen molar-refractivity contribution in [2.75, 3.05) is 0 Å². The molecule has 8 nitrogen and oxygen atoms in total. The summed E-state index contributed by atoms with van der Waals surface area (Å²) in [6.45, 7) is 5.89. The van der Waals surface area contributed by atoms with E-state index in [1.807, 2.05) is 31.5 Å². The first-order valence-corrected chi connectivity index (χ1v) is 8.75. The average molecular weight is 347 g/mol. The predicted octanol–water partition coefficient (Wildman–Crippen LogP) is 1.51. The molecular weight excluding hydrogens is 322 g/mol. The Balaban J connectivity index is 1.50. The third kappa shape index (κ3) is 3.89. The van der Waals surface area contributed by atoms with Gasteiger partial charge in [0, 0.05) is 31.2 Å². The largest absolute Gasteiger partial charge is 0.389 e. The Morgan fingerprint density at radius 3 is 2.92 bits per heavy atom. The maximum absolute atomic E-state index is 12.2. The van der Waals surface area contributed by atoms with Crippen molar-refractivity contribution in [3.05, 3.63) is 29.9 Å². The van der Waals surface area contributed by atoms with Gasteiger partial charge in [-0.2, -0.15) is 4.98 Å². The summed E-state index contributed by atoms with van der Waals surface area (Å²) in [5, 5.41) is 17.4. The normalized spacial score (nSPS) is 23.3. The second-order valence-corrected chi connectivity index (χ2v) is 6.89. The molecule has 1 fully saturated rings. The molecule has 2 heterocycles. The lowest BCUT2D eigenvalue weighted by atomic mass is 10.1. The lowest BCUT2D eigenvalue weighted by molar-refractivity contribution is -0.122. The lowest BCUT2D eigenvalue weighted by Crippen LogP contribution is -2.42. The quantitative estimate of drug-likeness (QED) is 0.820. The van der Waals surface area contributed by atoms with Crippen molar-refractivity contribution in [1.82, 2.24) is 25.0 Å². The van der Waals surface area contributed by atoms with Crippen LogP contribution in [0.15, 0.2) is 16.9 Å². The van der Waals surface area contributed by atoms with Crippen molar-refractivity contribution in [3.63, 3.8) is 0 Å². The molecule has 3 rings (SSSR count). The topological polar surface area (TPSA) is 106 Å². The van der Waals surface area contributed by atoms with E-state index < -0.39 is 6.10 Å². The molecule has 0 bridgehead atoms. The third-order valence-corrected chi connectivity index (χ3v) is 4.71. The average Bonchev–Trinajstić information content (AvgIpc) is 3.27. The molecule has 2 aromatic heterocycles. The maximum Gasteiger partial charge on any atom is 0.227 e. The first-order chi connectivity index (χ1) is 12.0. The summed E-state index contributed by atoms with van der Waals surface area (Å²) >= 11 is 0. The molecule has 1 amide bonds. The van der Waals surface area contributed by atoms with Gasteiger partial charge in [0.1, 0.15) is 5.82 Å². The molecule has 25 heavy (non-hydrogen) atoms. The SMILES string of the molecule is Cc1nccn1[C@@H]1CC[C@@H](NC(=O)CCc2nc(C(C)C)no2)[C@H]1O. The summed E-state index contributed by atoms with van der Waals surface area (Å²) in [6.07, 6.45) is 5.19. The van der Waals surface area contributed by atoms with E-state index >= 15 is 0 Å². The van der Waals surface area contributed by atoms with E-state index in [-0.39, 0.29) is 30.3 Å². The van der Waals surface area contributed by atoms with Crippen molar-refractivity contribution in [3.8, 4) is 0 Å². The monoisotopic (exact) mass is 347 g/mol. The van der Waals surface area contributed by atoms with E-state index in [0.717, 1.165) is 18.7 Å². The summed E-state index contributed by atoms with van der Waals surface area (Å²) in [4.78, 5) is 20.7. The molecule has 0 saturated heterocycles. The first-order valence-electron chi connectivity index (χ1n) is 8.75. The highest BCUT2D eigenvalue weighted by atomic mass is 16.5. The number of carbonyl (C=O) groups is 1. The maximum atomic E-state index is 12.2. The van der Waals surface area contributed by atoms with Crippen molar-refractivity contribution < 1.29 is 14.4 Å². The molecule has 136 valence electrons. The number of hydrogen-bond acceptors (Lipinski definition) is 6. The summed E-state index contributed by atoms with van der Waals surface area (Å²) < 4.78 is 7.12. The van der Waals surface area contributed by atoms with Crippen molar-refractivity contribution in [1.29, 1.82) is 0 Å². The van der Waals surface area contributed by atoms with Gasteiger partial charge in [0.2, 0.25) is 11.8 Å². The fourth-order valence-corrected chi connectivity index (χ4v) is 3.26. The highest BCUT2D eigenvalue weighted by Gasteiger charge is 2.37. The zero-order chi connectivity index (χ0) is 18.0. The van der Waals surface area contributed by atoms with Crippen LogP contribution in [-0.4, -0.2) is 42.9 Å². The van der Waals surface area contributed by atoms with Crippen LogP contribution in [0.5, 0.6) is 0 Å². The number of aryl methyl sites for hydroxylation is 2. The number of rotatable bonds is 6. The molecule has 3 atom stereocenters. The Kier molecular flexibility index (Phi) is 5.17. The number of aromatic nitrogens is 4. The minimum Gasteiger partial charge on any atom is -0.389 e. The van der Waals surface area contributed by atoms with E-state index in [1.54, 1.807) is 6.20 Å². The van der Waals surface area contributed by atoms with Gasteiger partial charge in [0.05, 0.1) is 18.2 Å². The van der Waals surface area contributed by atoms with Crippen LogP contribution >= 0.6 is 0 Å². The molecule has 0 unspecified atom stereocenters. The van der Waals surface area contributed by atoms with Crippen LogP contribution in [-0.2, 0) is 11.2 Å². The zero-order valence-electron chi connectivity index (χ0n) is 14.8. The van der Waals surface area contributed by atoms with Crippen LogP contribution in [0.2, 0.25) is 0 Å². The summed E-state index contributed by atoms with van der Waals surface area (Å²) in [6, 6.07) is -0.287. The van der Waals surface area contributed by atoms with E-state index in [0.29, 0.717) is 18.1 Å². The number of carbonyl (C=O) groups excluding carboxylic acids is 1. The van der Waals surface area contributed by atoms with Gasteiger partial charge in [-0.1, -0.05) is 19.0 Å². The lowest BCUT2D eigenvalue weighted by Gasteiger charge is -2.22. The third-order valence-electron chi connectivity index (χ3n) is 4.71. The Hall–Kier alpha value is -2.22. The molecule has 0 aromatic carbocycles. The molecular formula is C17H25N5O3. The number of amides is 1. The molecule has 0 radical (unpaired) electrons. The molecule has 0 spiro atoms. The Morgan fingerprint density at radius 1 is 1.48 bits per heavy atom. The Bertz CT molecular complexity index is 723. The molecule has 2 N–H and O–H groups in total. The van der Waals surface area contributed by atoms with Gasteiger partial charge in [-0.3, -0.25) is 4.79 Å². The number of aliphatic hydroxyl groups is 1. The van der Waals surface area contributed by atoms with Crippen LogP contribution in [0.3, 0.4) is 0 Å².